The highest BCUT2D eigenvalue weighted by molar-refractivity contribution is 6.32. The average molecular weight is 517 g/mol. The minimum atomic E-state index is 0.00808. The van der Waals surface area contributed by atoms with Gasteiger partial charge in [-0.25, -0.2) is 0 Å². The highest BCUT2D eigenvalue weighted by Crippen LogP contribution is 2.26. The first-order valence-electron chi connectivity index (χ1n) is 14.4. The molecule has 0 bridgehead atoms. The average Bonchev–Trinajstić information content (AvgIpc) is 2.87. The maximum atomic E-state index is 12.4. The molecule has 0 fully saturated rings. The molecule has 0 unspecified atom stereocenters. The summed E-state index contributed by atoms with van der Waals surface area (Å²) in [5, 5.41) is 3.61. The van der Waals surface area contributed by atoms with Crippen molar-refractivity contribution in [3.8, 4) is 5.75 Å². The standard InChI is InChI=1S/C31H49ClN2O2/c1-3-5-6-7-8-9-10-11-12-13-14-15-22-36-30-19-18-27(23-29(30)32)24-31(35)33-25-28-17-16-21-34(26-28)20-4-2/h16-19,21,23H,3-15,20,22,24-26H2,1-2H3,(H,33,35). The molecule has 36 heavy (non-hydrogen) atoms. The van der Waals surface area contributed by atoms with Gasteiger partial charge in [-0.1, -0.05) is 108 Å². The fourth-order valence-electron chi connectivity index (χ4n) is 4.58. The molecule has 1 heterocycles. The molecule has 0 aromatic heterocycles. The number of benzene rings is 1. The number of halogens is 1. The Kier molecular flexibility index (Phi) is 16.2. The molecule has 1 aromatic carbocycles. The monoisotopic (exact) mass is 516 g/mol. The molecule has 0 radical (unpaired) electrons. The lowest BCUT2D eigenvalue weighted by Gasteiger charge is -2.24. The van der Waals surface area contributed by atoms with Gasteiger partial charge in [0.1, 0.15) is 5.75 Å². The third kappa shape index (κ3) is 13.4. The number of rotatable bonds is 20. The summed E-state index contributed by atoms with van der Waals surface area (Å²) in [4.78, 5) is 14.7. The topological polar surface area (TPSA) is 41.6 Å². The van der Waals surface area contributed by atoms with E-state index in [2.05, 4.69) is 42.4 Å². The smallest absolute Gasteiger partial charge is 0.224 e. The molecule has 0 atom stereocenters. The lowest BCUT2D eigenvalue weighted by Crippen LogP contribution is -2.32. The van der Waals surface area contributed by atoms with Gasteiger partial charge in [-0.15, -0.1) is 0 Å². The molecular weight excluding hydrogens is 468 g/mol. The van der Waals surface area contributed by atoms with E-state index in [1.54, 1.807) is 0 Å². The second-order valence-electron chi connectivity index (χ2n) is 10.1. The van der Waals surface area contributed by atoms with E-state index in [9.17, 15) is 4.79 Å². The van der Waals surface area contributed by atoms with Gasteiger partial charge < -0.3 is 15.0 Å². The lowest BCUT2D eigenvalue weighted by atomic mass is 10.1. The predicted molar refractivity (Wildman–Crippen MR) is 154 cm³/mol. The molecular formula is C31H49ClN2O2. The first-order chi connectivity index (χ1) is 17.6. The zero-order chi connectivity index (χ0) is 25.8. The molecule has 202 valence electrons. The number of amides is 1. The Labute approximate surface area is 225 Å². The van der Waals surface area contributed by atoms with Gasteiger partial charge in [0, 0.05) is 19.6 Å². The molecule has 0 saturated heterocycles. The number of carbonyl (C=O) groups excluding carboxylic acids is 1. The molecule has 5 heteroatoms. The molecule has 1 N–H and O–H groups in total. The van der Waals surface area contributed by atoms with Gasteiger partial charge in [0.05, 0.1) is 18.1 Å². The Morgan fingerprint density at radius 2 is 1.61 bits per heavy atom. The minimum absolute atomic E-state index is 0.00808. The Hall–Kier alpha value is -1.94. The number of hydrogen-bond acceptors (Lipinski definition) is 3. The van der Waals surface area contributed by atoms with E-state index in [0.29, 0.717) is 30.3 Å². The minimum Gasteiger partial charge on any atom is -0.492 e. The quantitative estimate of drug-likeness (QED) is 0.177. The summed E-state index contributed by atoms with van der Waals surface area (Å²) in [5.74, 6) is 0.716. The van der Waals surface area contributed by atoms with E-state index in [1.165, 1.54) is 76.2 Å². The Morgan fingerprint density at radius 3 is 2.25 bits per heavy atom. The van der Waals surface area contributed by atoms with Crippen LogP contribution in [0.15, 0.2) is 42.1 Å². The van der Waals surface area contributed by atoms with Crippen LogP contribution in [0.4, 0.5) is 0 Å². The zero-order valence-electron chi connectivity index (χ0n) is 22.8. The zero-order valence-corrected chi connectivity index (χ0v) is 23.6. The summed E-state index contributed by atoms with van der Waals surface area (Å²) in [6.07, 6.45) is 23.7. The maximum Gasteiger partial charge on any atom is 0.224 e. The molecule has 0 spiro atoms. The molecule has 1 aliphatic heterocycles. The SMILES string of the molecule is CCCCCCCCCCCCCCOc1ccc(CC(=O)NCC2=CC=CN(CCC)C2)cc1Cl. The van der Waals surface area contributed by atoms with Gasteiger partial charge in [0.15, 0.2) is 0 Å². The highest BCUT2D eigenvalue weighted by Gasteiger charge is 2.10. The summed E-state index contributed by atoms with van der Waals surface area (Å²) in [6.45, 7) is 7.63. The second-order valence-corrected chi connectivity index (χ2v) is 10.5. The Balaban J connectivity index is 1.54. The Morgan fingerprint density at radius 1 is 0.944 bits per heavy atom. The summed E-state index contributed by atoms with van der Waals surface area (Å²) in [7, 11) is 0. The number of ether oxygens (including phenoxy) is 1. The van der Waals surface area contributed by atoms with Crippen LogP contribution in [0.5, 0.6) is 5.75 Å². The van der Waals surface area contributed by atoms with Crippen LogP contribution in [0.25, 0.3) is 0 Å². The first kappa shape index (κ1) is 30.3. The van der Waals surface area contributed by atoms with Crippen LogP contribution < -0.4 is 10.1 Å². The van der Waals surface area contributed by atoms with Gasteiger partial charge in [0.25, 0.3) is 0 Å². The number of unbranched alkanes of at least 4 members (excludes halogenated alkanes) is 11. The summed E-state index contributed by atoms with van der Waals surface area (Å²) >= 11 is 6.43. The van der Waals surface area contributed by atoms with Crippen LogP contribution in [-0.2, 0) is 11.2 Å². The Bertz CT molecular complexity index is 806. The summed E-state index contributed by atoms with van der Waals surface area (Å²) in [6, 6.07) is 5.68. The highest BCUT2D eigenvalue weighted by atomic mass is 35.5. The van der Waals surface area contributed by atoms with Crippen molar-refractivity contribution >= 4 is 17.5 Å². The predicted octanol–water partition coefficient (Wildman–Crippen LogP) is 8.24. The van der Waals surface area contributed by atoms with Crippen molar-refractivity contribution in [2.75, 3.05) is 26.2 Å². The summed E-state index contributed by atoms with van der Waals surface area (Å²) in [5.41, 5.74) is 2.12. The van der Waals surface area contributed by atoms with Crippen molar-refractivity contribution in [3.05, 3.63) is 52.7 Å². The molecule has 2 rings (SSSR count). The van der Waals surface area contributed by atoms with Gasteiger partial charge in [-0.3, -0.25) is 4.79 Å². The molecule has 4 nitrogen and oxygen atoms in total. The van der Waals surface area contributed by atoms with Crippen molar-refractivity contribution in [3.63, 3.8) is 0 Å². The molecule has 1 amide bonds. The maximum absolute atomic E-state index is 12.4. The van der Waals surface area contributed by atoms with E-state index in [0.717, 1.165) is 31.5 Å². The van der Waals surface area contributed by atoms with Crippen LogP contribution in [0.3, 0.4) is 0 Å². The fraction of sp³-hybridized carbons (Fsp3) is 0.645. The van der Waals surface area contributed by atoms with Crippen molar-refractivity contribution in [1.82, 2.24) is 10.2 Å². The number of nitrogens with one attached hydrogen (secondary N) is 1. The molecule has 1 aliphatic rings. The van der Waals surface area contributed by atoms with E-state index in [-0.39, 0.29) is 5.91 Å². The van der Waals surface area contributed by atoms with Crippen LogP contribution >= 0.6 is 11.6 Å². The lowest BCUT2D eigenvalue weighted by molar-refractivity contribution is -0.120. The van der Waals surface area contributed by atoms with Crippen LogP contribution in [-0.4, -0.2) is 37.0 Å². The van der Waals surface area contributed by atoms with E-state index >= 15 is 0 Å². The number of nitrogens with zero attached hydrogens (tertiary/aromatic N) is 1. The molecule has 1 aromatic rings. The first-order valence-corrected chi connectivity index (χ1v) is 14.8. The van der Waals surface area contributed by atoms with Crippen molar-refractivity contribution in [1.29, 1.82) is 0 Å². The van der Waals surface area contributed by atoms with Crippen molar-refractivity contribution < 1.29 is 9.53 Å². The van der Waals surface area contributed by atoms with Gasteiger partial charge in [-0.2, -0.15) is 0 Å². The largest absolute Gasteiger partial charge is 0.492 e. The van der Waals surface area contributed by atoms with Crippen molar-refractivity contribution in [2.45, 2.75) is 104 Å². The van der Waals surface area contributed by atoms with Crippen molar-refractivity contribution in [2.24, 2.45) is 0 Å². The van der Waals surface area contributed by atoms with Crippen LogP contribution in [0, 0.1) is 0 Å². The molecule has 0 aliphatic carbocycles. The second kappa shape index (κ2) is 19.2. The number of allylic oxidation sites excluding steroid dienone is 2. The number of carbonyl (C=O) groups is 1. The van der Waals surface area contributed by atoms with E-state index < -0.39 is 0 Å². The number of hydrogen-bond donors (Lipinski definition) is 1. The van der Waals surface area contributed by atoms with Gasteiger partial charge >= 0.3 is 0 Å². The van der Waals surface area contributed by atoms with E-state index in [1.807, 2.05) is 18.2 Å². The third-order valence-corrected chi connectivity index (χ3v) is 6.97. The van der Waals surface area contributed by atoms with E-state index in [4.69, 9.17) is 16.3 Å². The normalized spacial score (nSPS) is 13.1. The van der Waals surface area contributed by atoms with Crippen LogP contribution in [0.1, 0.15) is 103 Å². The molecule has 0 saturated carbocycles. The summed E-state index contributed by atoms with van der Waals surface area (Å²) < 4.78 is 5.89. The van der Waals surface area contributed by atoms with Gasteiger partial charge in [0.2, 0.25) is 5.91 Å². The third-order valence-electron chi connectivity index (χ3n) is 6.67. The fourth-order valence-corrected chi connectivity index (χ4v) is 4.84. The van der Waals surface area contributed by atoms with Crippen LogP contribution in [0.2, 0.25) is 5.02 Å². The van der Waals surface area contributed by atoms with Gasteiger partial charge in [-0.05, 0) is 48.4 Å².